The monoisotopic (exact) mass is 1080 g/mol. The summed E-state index contributed by atoms with van der Waals surface area (Å²) in [6, 6.07) is 80.5. The maximum atomic E-state index is 11.8. The molecule has 0 bridgehead atoms. The van der Waals surface area contributed by atoms with Crippen LogP contribution in [0.3, 0.4) is 0 Å². The van der Waals surface area contributed by atoms with Gasteiger partial charge in [-0.2, -0.15) is 0 Å². The minimum Gasteiger partial charge on any atom is -0.496 e. The van der Waals surface area contributed by atoms with Gasteiger partial charge in [-0.05, 0) is 125 Å². The number of ether oxygens (including phenoxy) is 3. The Balaban J connectivity index is 0.000000136. The van der Waals surface area contributed by atoms with Gasteiger partial charge < -0.3 is 44.8 Å². The van der Waals surface area contributed by atoms with Crippen LogP contribution < -0.4 is 14.2 Å². The number of aliphatic hydroxyl groups is 6. The van der Waals surface area contributed by atoms with Crippen molar-refractivity contribution in [2.24, 2.45) is 0 Å². The Morgan fingerprint density at radius 1 is 0.235 bits per heavy atom. The van der Waals surface area contributed by atoms with Crippen LogP contribution in [0.1, 0.15) is 106 Å². The van der Waals surface area contributed by atoms with Gasteiger partial charge in [-0.1, -0.05) is 237 Å². The number of hydrogen-bond acceptors (Lipinski definition) is 9. The van der Waals surface area contributed by atoms with Gasteiger partial charge in [-0.25, -0.2) is 0 Å². The zero-order chi connectivity index (χ0) is 56.7. The molecule has 3 saturated carbocycles. The molecule has 6 N–H and O–H groups in total. The quantitative estimate of drug-likeness (QED) is 0.0703. The molecule has 12 rings (SSSR count). The van der Waals surface area contributed by atoms with Crippen LogP contribution in [0, 0.1) is 0 Å². The number of methoxy groups -OCH3 is 3. The number of para-hydroxylation sites is 3. The molecular formula is C72H72O9. The lowest BCUT2D eigenvalue weighted by atomic mass is 9.76. The van der Waals surface area contributed by atoms with Gasteiger partial charge in [-0.15, -0.1) is 0 Å². The normalized spacial score (nSPS) is 27.4. The van der Waals surface area contributed by atoms with Crippen LogP contribution in [0.5, 0.6) is 17.2 Å². The zero-order valence-electron chi connectivity index (χ0n) is 46.1. The molecule has 81 heavy (non-hydrogen) atoms. The second kappa shape index (κ2) is 23.7. The molecule has 9 aromatic carbocycles. The first kappa shape index (κ1) is 56.4. The molecule has 9 nitrogen and oxygen atoms in total. The Bertz CT molecular complexity index is 2930. The molecule has 0 spiro atoms. The molecule has 9 atom stereocenters. The molecule has 414 valence electrons. The van der Waals surface area contributed by atoms with E-state index in [-0.39, 0.29) is 17.8 Å². The molecule has 0 heterocycles. The van der Waals surface area contributed by atoms with Gasteiger partial charge in [0.15, 0.2) is 0 Å². The van der Waals surface area contributed by atoms with Gasteiger partial charge in [0.2, 0.25) is 0 Å². The Labute approximate surface area is 476 Å². The van der Waals surface area contributed by atoms with Crippen LogP contribution in [0.25, 0.3) is 0 Å². The third-order valence-corrected chi connectivity index (χ3v) is 17.5. The number of rotatable bonds is 12. The Morgan fingerprint density at radius 2 is 0.383 bits per heavy atom. The van der Waals surface area contributed by atoms with Crippen LogP contribution in [-0.4, -0.2) is 52.0 Å². The third kappa shape index (κ3) is 10.5. The summed E-state index contributed by atoms with van der Waals surface area (Å²) >= 11 is 0. The largest absolute Gasteiger partial charge is 0.496 e. The van der Waals surface area contributed by atoms with E-state index >= 15 is 0 Å². The predicted octanol–water partition coefficient (Wildman–Crippen LogP) is 13.0. The van der Waals surface area contributed by atoms with E-state index in [1.165, 1.54) is 0 Å². The average molecular weight is 1080 g/mol. The molecule has 0 amide bonds. The Morgan fingerprint density at radius 3 is 0.543 bits per heavy atom. The summed E-state index contributed by atoms with van der Waals surface area (Å²) in [5.41, 5.74) is -0.900. The summed E-state index contributed by atoms with van der Waals surface area (Å²) in [5.74, 6) is 2.27. The van der Waals surface area contributed by atoms with Gasteiger partial charge in [0.05, 0.1) is 21.3 Å². The molecule has 0 aliphatic heterocycles. The maximum absolute atomic E-state index is 11.8. The SMILES string of the molecule is COc1ccccc1C1C[C@@](O)(c2ccccc2)[C@@](O)(c2ccccc2)C1.COc1ccccc1C1C[C@@](O)(c2ccccc2)[C@@](O)(c2ccccc2)C1.COc1ccccc1C1C[C@@](O)(c2ccccc2)[C@@](O)(c2ccccc2)C1. The van der Waals surface area contributed by atoms with E-state index in [0.29, 0.717) is 38.5 Å². The van der Waals surface area contributed by atoms with E-state index in [1.807, 2.05) is 255 Å². The van der Waals surface area contributed by atoms with Crippen LogP contribution in [0.15, 0.2) is 255 Å². The molecule has 3 unspecified atom stereocenters. The first-order valence-electron chi connectivity index (χ1n) is 27.8. The molecular weight excluding hydrogens is 1010 g/mol. The predicted molar refractivity (Wildman–Crippen MR) is 317 cm³/mol. The fourth-order valence-corrected chi connectivity index (χ4v) is 13.5. The van der Waals surface area contributed by atoms with Gasteiger partial charge in [-0.3, -0.25) is 0 Å². The fourth-order valence-electron chi connectivity index (χ4n) is 13.5. The van der Waals surface area contributed by atoms with Crippen LogP contribution >= 0.6 is 0 Å². The van der Waals surface area contributed by atoms with E-state index in [1.54, 1.807) is 21.3 Å². The summed E-state index contributed by atoms with van der Waals surface area (Å²) in [6.07, 6.45) is 2.52. The molecule has 0 radical (unpaired) electrons. The Hall–Kier alpha value is -7.86. The lowest BCUT2D eigenvalue weighted by Crippen LogP contribution is -2.45. The van der Waals surface area contributed by atoms with Gasteiger partial charge >= 0.3 is 0 Å². The topological polar surface area (TPSA) is 149 Å². The van der Waals surface area contributed by atoms with Crippen molar-refractivity contribution in [2.75, 3.05) is 21.3 Å². The zero-order valence-corrected chi connectivity index (χ0v) is 46.1. The highest BCUT2D eigenvalue weighted by Crippen LogP contribution is 2.61. The molecule has 0 saturated heterocycles. The van der Waals surface area contributed by atoms with E-state index in [2.05, 4.69) is 0 Å². The van der Waals surface area contributed by atoms with Crippen molar-refractivity contribution in [1.82, 2.24) is 0 Å². The molecule has 9 heteroatoms. The van der Waals surface area contributed by atoms with Gasteiger partial charge in [0.25, 0.3) is 0 Å². The van der Waals surface area contributed by atoms with Crippen molar-refractivity contribution in [2.45, 2.75) is 89.9 Å². The van der Waals surface area contributed by atoms with Crippen molar-refractivity contribution >= 4 is 0 Å². The lowest BCUT2D eigenvalue weighted by molar-refractivity contribution is -0.143. The molecule has 3 aliphatic carbocycles. The van der Waals surface area contributed by atoms with Crippen LogP contribution in [0.2, 0.25) is 0 Å². The van der Waals surface area contributed by atoms with Crippen molar-refractivity contribution in [3.05, 3.63) is 305 Å². The van der Waals surface area contributed by atoms with Crippen molar-refractivity contribution in [1.29, 1.82) is 0 Å². The first-order valence-corrected chi connectivity index (χ1v) is 27.8. The van der Waals surface area contributed by atoms with Crippen molar-refractivity contribution in [3.63, 3.8) is 0 Å². The summed E-state index contributed by atoms with van der Waals surface area (Å²) in [5, 5.41) is 71.0. The van der Waals surface area contributed by atoms with Crippen molar-refractivity contribution in [3.8, 4) is 17.2 Å². The van der Waals surface area contributed by atoms with Crippen LogP contribution in [-0.2, 0) is 33.6 Å². The minimum atomic E-state index is -1.39. The third-order valence-electron chi connectivity index (χ3n) is 17.5. The molecule has 3 fully saturated rings. The molecule has 9 aromatic rings. The van der Waals surface area contributed by atoms with E-state index in [9.17, 15) is 30.6 Å². The lowest BCUT2D eigenvalue weighted by Gasteiger charge is -2.39. The number of hydrogen-bond donors (Lipinski definition) is 6. The highest BCUT2D eigenvalue weighted by atomic mass is 16.5. The van der Waals surface area contributed by atoms with E-state index in [0.717, 1.165) is 67.3 Å². The number of benzene rings is 9. The smallest absolute Gasteiger partial charge is 0.123 e. The second-order valence-electron chi connectivity index (χ2n) is 21.9. The van der Waals surface area contributed by atoms with Crippen LogP contribution in [0.4, 0.5) is 0 Å². The maximum Gasteiger partial charge on any atom is 0.123 e. The summed E-state index contributed by atoms with van der Waals surface area (Å²) in [4.78, 5) is 0. The highest BCUT2D eigenvalue weighted by Gasteiger charge is 2.61. The summed E-state index contributed by atoms with van der Waals surface area (Å²) in [7, 11) is 4.96. The van der Waals surface area contributed by atoms with Gasteiger partial charge in [0, 0.05) is 0 Å². The summed E-state index contributed by atoms with van der Waals surface area (Å²) < 4.78 is 16.6. The van der Waals surface area contributed by atoms with Gasteiger partial charge in [0.1, 0.15) is 50.9 Å². The molecule has 3 aliphatic rings. The van der Waals surface area contributed by atoms with E-state index in [4.69, 9.17) is 14.2 Å². The second-order valence-corrected chi connectivity index (χ2v) is 21.9. The minimum absolute atomic E-state index is 0.0310. The van der Waals surface area contributed by atoms with E-state index < -0.39 is 33.6 Å². The standard InChI is InChI=1S/3C24H24O3/c3*1-27-22-15-9-8-14-21(22)18-16-23(25,19-10-4-2-5-11-19)24(26,17-18)20-12-6-3-7-13-20/h3*2-15,18,25-26H,16-17H2,1H3/t3*18?,23-,24+. The average Bonchev–Trinajstić information content (AvgIpc) is 4.31. The highest BCUT2D eigenvalue weighted by molar-refractivity contribution is 5.47. The molecule has 0 aromatic heterocycles. The Kier molecular flexibility index (Phi) is 16.5. The fraction of sp³-hybridized carbons (Fsp3) is 0.250. The van der Waals surface area contributed by atoms with Crippen molar-refractivity contribution < 1.29 is 44.8 Å². The summed E-state index contributed by atoms with van der Waals surface area (Å²) in [6.45, 7) is 0. The first-order chi connectivity index (χ1) is 39.2.